The van der Waals surface area contributed by atoms with E-state index in [-0.39, 0.29) is 23.1 Å². The van der Waals surface area contributed by atoms with Gasteiger partial charge in [-0.1, -0.05) is 99.6 Å². The highest BCUT2D eigenvalue weighted by molar-refractivity contribution is 6.11. The fourth-order valence-corrected chi connectivity index (χ4v) is 5.48. The predicted octanol–water partition coefficient (Wildman–Crippen LogP) is 7.48. The van der Waals surface area contributed by atoms with E-state index in [0.29, 0.717) is 22.1 Å². The van der Waals surface area contributed by atoms with Gasteiger partial charge in [0.05, 0.1) is 10.9 Å². The van der Waals surface area contributed by atoms with Gasteiger partial charge in [0.25, 0.3) is 5.91 Å². The minimum absolute atomic E-state index is 0.0802. The molecule has 1 amide bonds. The van der Waals surface area contributed by atoms with Crippen LogP contribution in [0.5, 0.6) is 5.75 Å². The molecule has 0 spiro atoms. The van der Waals surface area contributed by atoms with Crippen LogP contribution in [0.15, 0.2) is 103 Å². The van der Waals surface area contributed by atoms with E-state index >= 15 is 0 Å². The summed E-state index contributed by atoms with van der Waals surface area (Å²) in [5.74, 6) is -1.17. The van der Waals surface area contributed by atoms with Gasteiger partial charge in [0.2, 0.25) is 0 Å². The van der Waals surface area contributed by atoms with Gasteiger partial charge in [-0.2, -0.15) is 0 Å². The number of aromatic nitrogens is 2. The lowest BCUT2D eigenvalue weighted by atomic mass is 9.86. The van der Waals surface area contributed by atoms with Gasteiger partial charge >= 0.3 is 5.97 Å². The third-order valence-corrected chi connectivity index (χ3v) is 7.91. The number of imidazole rings is 1. The number of aromatic hydroxyl groups is 1. The van der Waals surface area contributed by atoms with Crippen LogP contribution in [-0.4, -0.2) is 38.1 Å². The Hall–Kier alpha value is -5.43. The van der Waals surface area contributed by atoms with E-state index in [1.807, 2.05) is 54.6 Å². The summed E-state index contributed by atoms with van der Waals surface area (Å²) in [6, 6.07) is 31.4. The van der Waals surface area contributed by atoms with Gasteiger partial charge in [-0.05, 0) is 57.3 Å². The van der Waals surface area contributed by atoms with E-state index < -0.39 is 17.9 Å². The molecule has 1 unspecified atom stereocenters. The summed E-state index contributed by atoms with van der Waals surface area (Å²) in [7, 11) is 0. The number of nitrogens with zero attached hydrogens (tertiary/aromatic N) is 1. The molecule has 0 saturated carbocycles. The van der Waals surface area contributed by atoms with Gasteiger partial charge in [-0.25, -0.2) is 9.78 Å². The molecule has 7 nitrogen and oxygen atoms in total. The number of phenolic OH excluding ortho intramolecular Hbond substituents is 1. The Morgan fingerprint density at radius 1 is 0.841 bits per heavy atom. The van der Waals surface area contributed by atoms with Crippen molar-refractivity contribution < 1.29 is 19.8 Å². The number of nitrogens with one attached hydrogen (secondary N) is 2. The highest BCUT2D eigenvalue weighted by Crippen LogP contribution is 2.35. The summed E-state index contributed by atoms with van der Waals surface area (Å²) in [5.41, 5.74) is 6.71. The lowest BCUT2D eigenvalue weighted by molar-refractivity contribution is -0.139. The zero-order chi connectivity index (χ0) is 31.0. The summed E-state index contributed by atoms with van der Waals surface area (Å²) in [4.78, 5) is 33.2. The summed E-state index contributed by atoms with van der Waals surface area (Å²) >= 11 is 0. The third-order valence-electron chi connectivity index (χ3n) is 7.91. The topological polar surface area (TPSA) is 115 Å². The predicted molar refractivity (Wildman–Crippen MR) is 174 cm³/mol. The molecule has 0 aliphatic rings. The second kappa shape index (κ2) is 11.3. The average molecular weight is 584 g/mol. The van der Waals surface area contributed by atoms with Gasteiger partial charge < -0.3 is 20.5 Å². The molecule has 44 heavy (non-hydrogen) atoms. The fourth-order valence-electron chi connectivity index (χ4n) is 5.48. The van der Waals surface area contributed by atoms with E-state index in [4.69, 9.17) is 4.98 Å². The maximum atomic E-state index is 13.1. The van der Waals surface area contributed by atoms with E-state index in [1.165, 1.54) is 11.6 Å². The van der Waals surface area contributed by atoms with Crippen molar-refractivity contribution in [1.29, 1.82) is 0 Å². The first kappa shape index (κ1) is 28.7. The van der Waals surface area contributed by atoms with E-state index in [0.717, 1.165) is 27.8 Å². The third kappa shape index (κ3) is 5.77. The van der Waals surface area contributed by atoms with Gasteiger partial charge in [0.1, 0.15) is 23.1 Å². The van der Waals surface area contributed by atoms with Crippen molar-refractivity contribution in [2.45, 2.75) is 38.6 Å². The number of carboxylic acids is 1. The summed E-state index contributed by atoms with van der Waals surface area (Å²) < 4.78 is 0. The monoisotopic (exact) mass is 583 g/mol. The summed E-state index contributed by atoms with van der Waals surface area (Å²) in [6.45, 7) is 6.59. The molecule has 4 N–H and O–H groups in total. The number of hydrogen-bond acceptors (Lipinski definition) is 4. The number of carbonyl (C=O) groups excluding carboxylic acids is 1. The average Bonchev–Trinajstić information content (AvgIpc) is 3.45. The zero-order valence-corrected chi connectivity index (χ0v) is 24.8. The molecule has 6 aromatic rings. The molecule has 0 bridgehead atoms. The van der Waals surface area contributed by atoms with E-state index in [1.54, 1.807) is 6.07 Å². The van der Waals surface area contributed by atoms with Gasteiger partial charge in [-0.15, -0.1) is 0 Å². The largest absolute Gasteiger partial charge is 0.507 e. The number of hydrogen-bond donors (Lipinski definition) is 4. The minimum Gasteiger partial charge on any atom is -0.507 e. The van der Waals surface area contributed by atoms with Crippen molar-refractivity contribution in [3.63, 3.8) is 0 Å². The first-order valence-corrected chi connectivity index (χ1v) is 14.5. The molecule has 5 aromatic carbocycles. The van der Waals surface area contributed by atoms with Crippen LogP contribution in [0.3, 0.4) is 0 Å². The van der Waals surface area contributed by atoms with Crippen LogP contribution >= 0.6 is 0 Å². The Morgan fingerprint density at radius 3 is 2.27 bits per heavy atom. The number of benzene rings is 5. The number of H-pyrrole nitrogens is 1. The number of carboxylic acid groups (broad SMARTS) is 1. The minimum atomic E-state index is -1.14. The molecule has 0 radical (unpaired) electrons. The molecule has 1 atom stereocenters. The molecule has 6 rings (SSSR count). The van der Waals surface area contributed by atoms with Crippen LogP contribution in [0.1, 0.15) is 42.3 Å². The van der Waals surface area contributed by atoms with Crippen molar-refractivity contribution in [2.24, 2.45) is 0 Å². The smallest absolute Gasteiger partial charge is 0.326 e. The van der Waals surface area contributed by atoms with Crippen molar-refractivity contribution in [3.8, 4) is 28.3 Å². The van der Waals surface area contributed by atoms with Gasteiger partial charge in [0, 0.05) is 17.5 Å². The Balaban J connectivity index is 1.29. The number of amides is 1. The van der Waals surface area contributed by atoms with Crippen LogP contribution < -0.4 is 5.32 Å². The standard InChI is InChI=1S/C37H33N3O4/c1-37(2,3)28-15-12-23(13-16-28)24-10-7-11-26(19-24)34-38-29-17-14-25-20-27(21-31(41)32(25)33(29)40-34)35(42)39-30(36(43)44)18-22-8-5-4-6-9-22/h4-17,19-21,30,41H,18H2,1-3H3,(H,38,40)(H,39,42)(H,43,44). The maximum absolute atomic E-state index is 13.1. The number of aliphatic carboxylic acids is 1. The number of rotatable bonds is 7. The summed E-state index contributed by atoms with van der Waals surface area (Å²) in [5, 5.41) is 24.5. The maximum Gasteiger partial charge on any atom is 0.326 e. The van der Waals surface area contributed by atoms with Crippen molar-refractivity contribution in [3.05, 3.63) is 120 Å². The van der Waals surface area contributed by atoms with Crippen molar-refractivity contribution in [2.75, 3.05) is 0 Å². The summed E-state index contributed by atoms with van der Waals surface area (Å²) in [6.07, 6.45) is 0.140. The number of carbonyl (C=O) groups is 2. The zero-order valence-electron chi connectivity index (χ0n) is 24.8. The molecule has 0 aliphatic heterocycles. The van der Waals surface area contributed by atoms with Crippen LogP contribution in [0.4, 0.5) is 0 Å². The molecular weight excluding hydrogens is 550 g/mol. The molecule has 220 valence electrons. The molecule has 0 saturated heterocycles. The van der Waals surface area contributed by atoms with Crippen LogP contribution in [0.25, 0.3) is 44.3 Å². The SMILES string of the molecule is CC(C)(C)c1ccc(-c2cccc(-c3nc4c(ccc5cc(C(=O)NC(Cc6ccccc6)C(=O)O)cc(O)c54)[nH]3)c2)cc1. The first-order chi connectivity index (χ1) is 21.1. The lowest BCUT2D eigenvalue weighted by Crippen LogP contribution is -2.42. The Kier molecular flexibility index (Phi) is 7.39. The molecule has 1 heterocycles. The van der Waals surface area contributed by atoms with Crippen molar-refractivity contribution in [1.82, 2.24) is 15.3 Å². The number of fused-ring (bicyclic) bond motifs is 3. The molecule has 0 aliphatic carbocycles. The molecule has 7 heteroatoms. The highest BCUT2D eigenvalue weighted by Gasteiger charge is 2.23. The van der Waals surface area contributed by atoms with Gasteiger partial charge in [-0.3, -0.25) is 4.79 Å². The normalized spacial score (nSPS) is 12.3. The Labute approximate surface area is 255 Å². The molecule has 0 fully saturated rings. The quantitative estimate of drug-likeness (QED) is 0.156. The van der Waals surface area contributed by atoms with Gasteiger partial charge in [0.15, 0.2) is 0 Å². The number of phenols is 1. The van der Waals surface area contributed by atoms with E-state index in [9.17, 15) is 19.8 Å². The van der Waals surface area contributed by atoms with Crippen molar-refractivity contribution >= 4 is 33.7 Å². The van der Waals surface area contributed by atoms with E-state index in [2.05, 4.69) is 67.5 Å². The number of aromatic amines is 1. The fraction of sp³-hybridized carbons (Fsp3) is 0.162. The lowest BCUT2D eigenvalue weighted by Gasteiger charge is -2.19. The first-order valence-electron chi connectivity index (χ1n) is 14.5. The van der Waals surface area contributed by atoms with Crippen LogP contribution in [0.2, 0.25) is 0 Å². The van der Waals surface area contributed by atoms with Crippen LogP contribution in [-0.2, 0) is 16.6 Å². The van der Waals surface area contributed by atoms with Crippen LogP contribution in [0, 0.1) is 0 Å². The Morgan fingerprint density at radius 2 is 1.57 bits per heavy atom. The molecule has 1 aromatic heterocycles. The molecular formula is C37H33N3O4. The second-order valence-electron chi connectivity index (χ2n) is 12.1. The highest BCUT2D eigenvalue weighted by atomic mass is 16.4. The second-order valence-corrected chi connectivity index (χ2v) is 12.1. The Bertz CT molecular complexity index is 2010.